The molecule has 14 heteroatoms. The highest BCUT2D eigenvalue weighted by Crippen LogP contribution is 2.36. The lowest BCUT2D eigenvalue weighted by atomic mass is 9.96. The minimum atomic E-state index is -1.19. The third-order valence-electron chi connectivity index (χ3n) is 7.25. The third kappa shape index (κ3) is 6.23. The van der Waals surface area contributed by atoms with Crippen molar-refractivity contribution in [3.8, 4) is 11.5 Å². The fourth-order valence-corrected chi connectivity index (χ4v) is 5.10. The van der Waals surface area contributed by atoms with E-state index >= 15 is 0 Å². The predicted octanol–water partition coefficient (Wildman–Crippen LogP) is 4.76. The number of rotatable bonds is 7. The number of allylic oxidation sites excluding steroid dienone is 4. The normalized spacial score (nSPS) is 14.8. The fraction of sp³-hybridized carbons (Fsp3) is 0.367. The average molecular weight is 606 g/mol. The first-order valence-corrected chi connectivity index (χ1v) is 14.3. The molecule has 2 aliphatic carbocycles. The third-order valence-corrected chi connectivity index (χ3v) is 7.25. The van der Waals surface area contributed by atoms with Crippen LogP contribution in [0.3, 0.4) is 0 Å². The number of fused-ring (bicyclic) bond motifs is 2. The lowest BCUT2D eigenvalue weighted by Gasteiger charge is -2.09. The minimum Gasteiger partial charge on any atom is -0.503 e. The monoisotopic (exact) mass is 605 g/mol. The SMILES string of the molecule is CCOC(=O)c1ncc2c(C3=CCCCC3)noc2c1O.O=C(O)CNC(=O)c1ncc2c(C3=CCCCC3)noc2c1O. The number of carboxylic acids is 1. The maximum absolute atomic E-state index is 11.9. The first kappa shape index (κ1) is 30.2. The van der Waals surface area contributed by atoms with Gasteiger partial charge in [0.2, 0.25) is 11.2 Å². The van der Waals surface area contributed by atoms with Crippen molar-refractivity contribution in [2.24, 2.45) is 0 Å². The van der Waals surface area contributed by atoms with Gasteiger partial charge in [-0.15, -0.1) is 0 Å². The largest absolute Gasteiger partial charge is 0.503 e. The van der Waals surface area contributed by atoms with Crippen molar-refractivity contribution in [1.82, 2.24) is 25.6 Å². The molecule has 4 N–H and O–H groups in total. The summed E-state index contributed by atoms with van der Waals surface area (Å²) in [6.45, 7) is 1.34. The van der Waals surface area contributed by atoms with Gasteiger partial charge in [0.1, 0.15) is 17.9 Å². The number of hydrogen-bond donors (Lipinski definition) is 4. The zero-order chi connectivity index (χ0) is 31.2. The van der Waals surface area contributed by atoms with E-state index in [2.05, 4.69) is 37.8 Å². The second kappa shape index (κ2) is 13.4. The van der Waals surface area contributed by atoms with Crippen LogP contribution < -0.4 is 5.32 Å². The summed E-state index contributed by atoms with van der Waals surface area (Å²) in [5.41, 5.74) is 3.27. The summed E-state index contributed by atoms with van der Waals surface area (Å²) < 4.78 is 15.2. The maximum Gasteiger partial charge on any atom is 0.360 e. The van der Waals surface area contributed by atoms with E-state index in [1.54, 1.807) is 6.92 Å². The first-order chi connectivity index (χ1) is 21.3. The van der Waals surface area contributed by atoms with E-state index < -0.39 is 30.1 Å². The summed E-state index contributed by atoms with van der Waals surface area (Å²) in [4.78, 5) is 42.0. The van der Waals surface area contributed by atoms with Crippen LogP contribution in [0.4, 0.5) is 0 Å². The van der Waals surface area contributed by atoms with Gasteiger partial charge in [0.05, 0.1) is 17.4 Å². The van der Waals surface area contributed by atoms with Crippen molar-refractivity contribution in [1.29, 1.82) is 0 Å². The Kier molecular flexibility index (Phi) is 9.17. The van der Waals surface area contributed by atoms with Crippen molar-refractivity contribution in [2.75, 3.05) is 13.2 Å². The Balaban J connectivity index is 0.000000175. The predicted molar refractivity (Wildman–Crippen MR) is 156 cm³/mol. The molecule has 0 atom stereocenters. The topological polar surface area (TPSA) is 211 Å². The number of carbonyl (C=O) groups is 3. The van der Waals surface area contributed by atoms with Crippen molar-refractivity contribution < 1.29 is 43.5 Å². The summed E-state index contributed by atoms with van der Waals surface area (Å²) in [5.74, 6) is -3.42. The minimum absolute atomic E-state index is 0.0712. The zero-order valence-electron chi connectivity index (χ0n) is 24.0. The van der Waals surface area contributed by atoms with Gasteiger partial charge in [-0.2, -0.15) is 0 Å². The van der Waals surface area contributed by atoms with E-state index in [1.807, 2.05) is 0 Å². The molecule has 0 radical (unpaired) electrons. The number of pyridine rings is 2. The molecule has 0 unspecified atom stereocenters. The molecule has 44 heavy (non-hydrogen) atoms. The molecule has 4 aromatic rings. The zero-order valence-corrected chi connectivity index (χ0v) is 24.0. The second-order valence-corrected chi connectivity index (χ2v) is 10.2. The quantitative estimate of drug-likeness (QED) is 0.209. The highest BCUT2D eigenvalue weighted by Gasteiger charge is 2.24. The average Bonchev–Trinajstić information content (AvgIpc) is 3.67. The fourth-order valence-electron chi connectivity index (χ4n) is 5.10. The number of esters is 1. The van der Waals surface area contributed by atoms with Crippen LogP contribution in [0.25, 0.3) is 33.1 Å². The molecule has 0 saturated heterocycles. The summed E-state index contributed by atoms with van der Waals surface area (Å²) >= 11 is 0. The highest BCUT2D eigenvalue weighted by molar-refractivity contribution is 6.02. The summed E-state index contributed by atoms with van der Waals surface area (Å²) in [6.07, 6.45) is 15.4. The van der Waals surface area contributed by atoms with Crippen LogP contribution in [-0.2, 0) is 9.53 Å². The molecule has 0 aromatic carbocycles. The van der Waals surface area contributed by atoms with E-state index in [0.29, 0.717) is 22.2 Å². The molecule has 0 spiro atoms. The van der Waals surface area contributed by atoms with Gasteiger partial charge >= 0.3 is 11.9 Å². The maximum atomic E-state index is 11.9. The Labute approximate surface area is 250 Å². The van der Waals surface area contributed by atoms with Gasteiger partial charge < -0.3 is 34.4 Å². The number of carboxylic acid groups (broad SMARTS) is 1. The van der Waals surface area contributed by atoms with Crippen molar-refractivity contribution in [2.45, 2.75) is 58.3 Å². The van der Waals surface area contributed by atoms with Crippen LogP contribution in [0, 0.1) is 0 Å². The van der Waals surface area contributed by atoms with Crippen molar-refractivity contribution in [3.63, 3.8) is 0 Å². The first-order valence-electron chi connectivity index (χ1n) is 14.3. The lowest BCUT2D eigenvalue weighted by Crippen LogP contribution is -2.29. The van der Waals surface area contributed by atoms with Crippen molar-refractivity contribution >= 4 is 50.9 Å². The van der Waals surface area contributed by atoms with E-state index in [0.717, 1.165) is 56.1 Å². The standard InChI is InChI=1S/C15H15N3O5.C15H16N2O4/c19-10(20)7-17-15(22)12-13(21)14-9(6-16-12)11(18-23-14)8-4-2-1-3-5-8;1-2-20-15(19)12-13(18)14-10(8-16-12)11(17-21-14)9-6-4-3-5-7-9/h4,6,21H,1-3,5,7H2,(H,17,22)(H,19,20);6,8,18H,2-5,7H2,1H3. The molecule has 4 aromatic heterocycles. The number of ether oxygens (including phenoxy) is 1. The van der Waals surface area contributed by atoms with Crippen LogP contribution in [0.5, 0.6) is 11.5 Å². The van der Waals surface area contributed by atoms with E-state index in [9.17, 15) is 24.6 Å². The molecule has 1 amide bonds. The van der Waals surface area contributed by atoms with Gasteiger partial charge in [-0.05, 0) is 69.4 Å². The number of hydrogen-bond acceptors (Lipinski definition) is 12. The van der Waals surface area contributed by atoms with Gasteiger partial charge in [-0.1, -0.05) is 22.5 Å². The Bertz CT molecular complexity index is 1790. The molecule has 0 bridgehead atoms. The molecular weight excluding hydrogens is 574 g/mol. The van der Waals surface area contributed by atoms with Gasteiger partial charge in [-0.25, -0.2) is 14.8 Å². The molecule has 0 aliphatic heterocycles. The van der Waals surface area contributed by atoms with Gasteiger partial charge in [0.15, 0.2) is 22.9 Å². The summed E-state index contributed by atoms with van der Waals surface area (Å²) in [5, 5.41) is 40.2. The molecule has 230 valence electrons. The second-order valence-electron chi connectivity index (χ2n) is 10.2. The summed E-state index contributed by atoms with van der Waals surface area (Å²) in [7, 11) is 0. The van der Waals surface area contributed by atoms with Crippen LogP contribution in [0.2, 0.25) is 0 Å². The number of nitrogens with one attached hydrogen (secondary N) is 1. The Morgan fingerprint density at radius 3 is 1.84 bits per heavy atom. The molecule has 6 rings (SSSR count). The number of aromatic hydroxyl groups is 2. The van der Waals surface area contributed by atoms with Crippen LogP contribution in [-0.4, -0.2) is 66.6 Å². The van der Waals surface area contributed by atoms with E-state index in [4.69, 9.17) is 18.9 Å². The van der Waals surface area contributed by atoms with Crippen LogP contribution in [0.1, 0.15) is 90.7 Å². The van der Waals surface area contributed by atoms with Crippen LogP contribution in [0.15, 0.2) is 33.6 Å². The number of aromatic nitrogens is 4. The lowest BCUT2D eigenvalue weighted by molar-refractivity contribution is -0.135. The molecular formula is C30H31N5O9. The molecule has 0 fully saturated rings. The Hall–Kier alpha value is -5.27. The van der Waals surface area contributed by atoms with E-state index in [-0.39, 0.29) is 34.9 Å². The van der Waals surface area contributed by atoms with E-state index in [1.165, 1.54) is 18.8 Å². The Morgan fingerprint density at radius 2 is 1.36 bits per heavy atom. The number of aliphatic carboxylic acids is 1. The Morgan fingerprint density at radius 1 is 0.841 bits per heavy atom. The van der Waals surface area contributed by atoms with Crippen LogP contribution >= 0.6 is 0 Å². The molecule has 14 nitrogen and oxygen atoms in total. The molecule has 2 aliphatic rings. The van der Waals surface area contributed by atoms with Gasteiger partial charge in [-0.3, -0.25) is 9.59 Å². The van der Waals surface area contributed by atoms with Gasteiger partial charge in [0, 0.05) is 12.4 Å². The number of nitrogens with zero attached hydrogens (tertiary/aromatic N) is 4. The number of carbonyl (C=O) groups excluding carboxylic acids is 2. The van der Waals surface area contributed by atoms with Gasteiger partial charge in [0.25, 0.3) is 5.91 Å². The summed E-state index contributed by atoms with van der Waals surface area (Å²) in [6, 6.07) is 0. The molecule has 4 heterocycles. The van der Waals surface area contributed by atoms with Crippen molar-refractivity contribution in [3.05, 3.63) is 47.3 Å². The number of amides is 1. The smallest absolute Gasteiger partial charge is 0.360 e. The highest BCUT2D eigenvalue weighted by atomic mass is 16.5. The molecule has 0 saturated carbocycles.